The lowest BCUT2D eigenvalue weighted by Gasteiger charge is -2.32. The number of piperidine rings is 1. The van der Waals surface area contributed by atoms with E-state index in [1.54, 1.807) is 39.1 Å². The van der Waals surface area contributed by atoms with Crippen LogP contribution in [0.3, 0.4) is 0 Å². The van der Waals surface area contributed by atoms with Gasteiger partial charge in [0.2, 0.25) is 15.9 Å². The summed E-state index contributed by atoms with van der Waals surface area (Å²) in [5.74, 6) is -0.320. The molecule has 0 unspecified atom stereocenters. The molecule has 10 heteroatoms. The first kappa shape index (κ1) is 25.4. The van der Waals surface area contributed by atoms with Gasteiger partial charge >= 0.3 is 0 Å². The van der Waals surface area contributed by atoms with Gasteiger partial charge in [0.1, 0.15) is 5.82 Å². The Labute approximate surface area is 208 Å². The highest BCUT2D eigenvalue weighted by Crippen LogP contribution is 2.24. The Balaban J connectivity index is 1.56. The van der Waals surface area contributed by atoms with E-state index in [2.05, 4.69) is 37.6 Å². The van der Waals surface area contributed by atoms with Crippen LogP contribution in [0.25, 0.3) is 0 Å². The summed E-state index contributed by atoms with van der Waals surface area (Å²) in [6, 6.07) is 9.26. The molecule has 1 fully saturated rings. The van der Waals surface area contributed by atoms with E-state index in [1.165, 1.54) is 0 Å². The summed E-state index contributed by atoms with van der Waals surface area (Å²) < 4.78 is 26.8. The molecule has 1 saturated heterocycles. The Morgan fingerprint density at radius 1 is 1.12 bits per heavy atom. The molecule has 1 aliphatic rings. The lowest BCUT2D eigenvalue weighted by molar-refractivity contribution is -0.123. The molecule has 1 aromatic carbocycles. The van der Waals surface area contributed by atoms with Crippen molar-refractivity contribution in [2.24, 2.45) is 5.92 Å². The molecule has 33 heavy (non-hydrogen) atoms. The maximum Gasteiger partial charge on any atom is 0.257 e. The Bertz CT molecular complexity index is 1140. The fourth-order valence-electron chi connectivity index (χ4n) is 3.37. The number of benzene rings is 1. The predicted octanol–water partition coefficient (Wildman–Crippen LogP) is 3.71. The van der Waals surface area contributed by atoms with Gasteiger partial charge in [0.05, 0.1) is 10.3 Å². The maximum atomic E-state index is 12.5. The van der Waals surface area contributed by atoms with Crippen LogP contribution in [-0.2, 0) is 14.8 Å². The molecule has 0 aliphatic carbocycles. The number of amides is 2. The third-order valence-corrected chi connectivity index (χ3v) is 8.95. The molecule has 0 atom stereocenters. The molecule has 8 nitrogen and oxygen atoms in total. The largest absolute Gasteiger partial charge is 0.357 e. The number of pyridine rings is 1. The molecule has 2 aromatic rings. The van der Waals surface area contributed by atoms with Gasteiger partial charge in [-0.05, 0) is 99.0 Å². The third-order valence-electron chi connectivity index (χ3n) is 5.66. The number of carbonyl (C=O) groups excluding carboxylic acids is 2. The topological polar surface area (TPSA) is 108 Å². The Kier molecular flexibility index (Phi) is 7.67. The van der Waals surface area contributed by atoms with E-state index in [-0.39, 0.29) is 11.8 Å². The van der Waals surface area contributed by atoms with Gasteiger partial charge in [0, 0.05) is 34.5 Å². The van der Waals surface area contributed by atoms with E-state index in [0.717, 1.165) is 20.6 Å². The van der Waals surface area contributed by atoms with E-state index in [0.29, 0.717) is 31.5 Å². The smallest absolute Gasteiger partial charge is 0.257 e. The summed E-state index contributed by atoms with van der Waals surface area (Å²) in [6.45, 7) is 7.82. The molecule has 1 aliphatic heterocycles. The van der Waals surface area contributed by atoms with Crippen molar-refractivity contribution in [2.75, 3.05) is 23.3 Å². The zero-order chi connectivity index (χ0) is 24.4. The molecule has 1 aromatic heterocycles. The van der Waals surface area contributed by atoms with Crippen molar-refractivity contribution in [1.82, 2.24) is 9.71 Å². The van der Waals surface area contributed by atoms with Gasteiger partial charge in [0.25, 0.3) is 5.91 Å². The average Bonchev–Trinajstić information content (AvgIpc) is 2.75. The van der Waals surface area contributed by atoms with Gasteiger partial charge in [-0.25, -0.2) is 13.4 Å². The van der Waals surface area contributed by atoms with Crippen LogP contribution in [0.15, 0.2) is 36.5 Å². The monoisotopic (exact) mass is 584 g/mol. The highest BCUT2D eigenvalue weighted by atomic mass is 127. The number of rotatable bonds is 5. The second kappa shape index (κ2) is 9.96. The molecule has 2 N–H and O–H groups in total. The Morgan fingerprint density at radius 3 is 2.33 bits per heavy atom. The zero-order valence-electron chi connectivity index (χ0n) is 19.2. The highest BCUT2D eigenvalue weighted by Gasteiger charge is 2.34. The van der Waals surface area contributed by atoms with Gasteiger partial charge in [-0.1, -0.05) is 0 Å². The number of anilines is 2. The summed E-state index contributed by atoms with van der Waals surface area (Å²) in [4.78, 5) is 31.4. The molecule has 0 saturated carbocycles. The summed E-state index contributed by atoms with van der Waals surface area (Å²) in [6.07, 6.45) is 2.60. The number of hydrogen-bond donors (Lipinski definition) is 2. The summed E-state index contributed by atoms with van der Waals surface area (Å²) >= 11 is 2.25. The molecule has 178 valence electrons. The molecule has 0 radical (unpaired) electrons. The van der Waals surface area contributed by atoms with Crippen LogP contribution >= 0.6 is 22.6 Å². The molecule has 2 amide bonds. The highest BCUT2D eigenvalue weighted by molar-refractivity contribution is 14.1. The van der Waals surface area contributed by atoms with Gasteiger partial charge in [-0.2, -0.15) is 0 Å². The minimum Gasteiger partial charge on any atom is -0.357 e. The second-order valence-corrected chi connectivity index (χ2v) is 12.8. The third kappa shape index (κ3) is 6.23. The van der Waals surface area contributed by atoms with E-state index >= 15 is 0 Å². The van der Waals surface area contributed by atoms with Crippen molar-refractivity contribution in [1.29, 1.82) is 0 Å². The van der Waals surface area contributed by atoms with Crippen LogP contribution in [0.2, 0.25) is 0 Å². The maximum absolute atomic E-state index is 12.5. The van der Waals surface area contributed by atoms with Crippen molar-refractivity contribution >= 4 is 55.9 Å². The predicted molar refractivity (Wildman–Crippen MR) is 138 cm³/mol. The van der Waals surface area contributed by atoms with Gasteiger partial charge in [-0.3, -0.25) is 14.3 Å². The van der Waals surface area contributed by atoms with Crippen molar-refractivity contribution in [3.63, 3.8) is 0 Å². The molecule has 0 bridgehead atoms. The lowest BCUT2D eigenvalue weighted by Crippen LogP contribution is -2.47. The number of aromatic nitrogens is 1. The van der Waals surface area contributed by atoms with Crippen molar-refractivity contribution in [2.45, 2.75) is 45.3 Å². The fraction of sp³-hybridized carbons (Fsp3) is 0.435. The van der Waals surface area contributed by atoms with E-state index in [4.69, 9.17) is 0 Å². The van der Waals surface area contributed by atoms with E-state index < -0.39 is 20.7 Å². The van der Waals surface area contributed by atoms with Gasteiger partial charge in [0.15, 0.2) is 0 Å². The average molecular weight is 584 g/mol. The molecular formula is C23H29IN4O4S. The van der Waals surface area contributed by atoms with Crippen LogP contribution in [-0.4, -0.2) is 43.1 Å². The van der Waals surface area contributed by atoms with Gasteiger partial charge < -0.3 is 10.2 Å². The van der Waals surface area contributed by atoms with Crippen molar-refractivity contribution < 1.29 is 18.0 Å². The lowest BCUT2D eigenvalue weighted by atomic mass is 9.96. The zero-order valence-corrected chi connectivity index (χ0v) is 22.2. The Morgan fingerprint density at radius 2 is 1.79 bits per heavy atom. The summed E-state index contributed by atoms with van der Waals surface area (Å²) in [5, 5.41) is 2.88. The number of nitrogens with zero attached hydrogens (tertiary/aromatic N) is 2. The molecule has 2 heterocycles. The van der Waals surface area contributed by atoms with Crippen LogP contribution in [0.5, 0.6) is 0 Å². The summed E-state index contributed by atoms with van der Waals surface area (Å²) in [5.41, 5.74) is 2.28. The van der Waals surface area contributed by atoms with Crippen LogP contribution in [0.4, 0.5) is 11.5 Å². The minimum absolute atomic E-state index is 0.231. The summed E-state index contributed by atoms with van der Waals surface area (Å²) in [7, 11) is -3.72. The number of nitrogens with one attached hydrogen (secondary N) is 2. The van der Waals surface area contributed by atoms with E-state index in [9.17, 15) is 18.0 Å². The van der Waals surface area contributed by atoms with Crippen LogP contribution < -0.4 is 14.9 Å². The van der Waals surface area contributed by atoms with E-state index in [1.807, 2.05) is 30.0 Å². The quantitative estimate of drug-likeness (QED) is 0.519. The normalized spacial score (nSPS) is 15.2. The number of halogens is 1. The molecule has 3 rings (SSSR count). The number of hydrogen-bond acceptors (Lipinski definition) is 6. The SMILES string of the molecule is Cc1cc(NC(=O)c2ccc(N3CCC(C(=O)NS(=O)(=O)C(C)(C)C)CC3)nc2)ccc1I. The first-order valence-electron chi connectivity index (χ1n) is 10.7. The number of sulfonamides is 1. The molecule has 0 spiro atoms. The van der Waals surface area contributed by atoms with Crippen molar-refractivity contribution in [3.8, 4) is 0 Å². The Hall–Kier alpha value is -2.21. The molecular weight excluding hydrogens is 555 g/mol. The first-order valence-corrected chi connectivity index (χ1v) is 13.3. The fourth-order valence-corrected chi connectivity index (χ4v) is 4.45. The first-order chi connectivity index (χ1) is 15.4. The van der Waals surface area contributed by atoms with Crippen LogP contribution in [0, 0.1) is 16.4 Å². The standard InChI is InChI=1S/C23H29IN4O4S/c1-15-13-18(6-7-19(15)24)26-21(29)17-5-8-20(25-14-17)28-11-9-16(10-12-28)22(30)27-33(31,32)23(2,3)4/h5-8,13-14,16H,9-12H2,1-4H3,(H,26,29)(H,27,30). The second-order valence-electron chi connectivity index (χ2n) is 9.17. The van der Waals surface area contributed by atoms with Gasteiger partial charge in [-0.15, -0.1) is 0 Å². The van der Waals surface area contributed by atoms with Crippen molar-refractivity contribution in [3.05, 3.63) is 51.2 Å². The minimum atomic E-state index is -3.72. The number of aryl methyl sites for hydroxylation is 1. The van der Waals surface area contributed by atoms with Crippen LogP contribution in [0.1, 0.15) is 49.5 Å². The number of carbonyl (C=O) groups is 2.